The highest BCUT2D eigenvalue weighted by atomic mass is 19.1. The first-order valence-electron chi connectivity index (χ1n) is 8.95. The topological polar surface area (TPSA) is 66.5 Å². The predicted octanol–water partition coefficient (Wildman–Crippen LogP) is 3.36. The van der Waals surface area contributed by atoms with Crippen LogP contribution in [0.1, 0.15) is 36.1 Å². The van der Waals surface area contributed by atoms with Gasteiger partial charge in [0.05, 0.1) is 17.9 Å². The summed E-state index contributed by atoms with van der Waals surface area (Å²) in [7, 11) is 0. The molecule has 138 valence electrons. The number of fused-ring (bicyclic) bond motifs is 3. The molecule has 0 amide bonds. The Bertz CT molecular complexity index is 998. The highest BCUT2D eigenvalue weighted by Gasteiger charge is 2.24. The van der Waals surface area contributed by atoms with Gasteiger partial charge in [0.2, 0.25) is 0 Å². The molecule has 6 nitrogen and oxygen atoms in total. The summed E-state index contributed by atoms with van der Waals surface area (Å²) < 4.78 is 16.3. The van der Waals surface area contributed by atoms with Crippen molar-refractivity contribution >= 4 is 5.71 Å². The molecule has 0 unspecified atom stereocenters. The van der Waals surface area contributed by atoms with Crippen molar-refractivity contribution in [3.8, 4) is 5.69 Å². The number of para-hydroxylation sites is 1. The first-order valence-corrected chi connectivity index (χ1v) is 8.95. The van der Waals surface area contributed by atoms with Crippen molar-refractivity contribution in [2.75, 3.05) is 6.54 Å². The second kappa shape index (κ2) is 7.38. The molecule has 0 radical (unpaired) electrons. The summed E-state index contributed by atoms with van der Waals surface area (Å²) in [6.45, 7) is 3.08. The van der Waals surface area contributed by atoms with Crippen LogP contribution in [-0.2, 0) is 13.1 Å². The highest BCUT2D eigenvalue weighted by Crippen LogP contribution is 2.26. The van der Waals surface area contributed by atoms with Gasteiger partial charge >= 0.3 is 0 Å². The molecule has 1 N–H and O–H groups in total. The van der Waals surface area contributed by atoms with E-state index in [1.165, 1.54) is 11.1 Å². The number of hydrogen-bond donors (Lipinski definition) is 1. The second-order valence-corrected chi connectivity index (χ2v) is 6.42. The third-order valence-corrected chi connectivity index (χ3v) is 4.51. The molecule has 0 atom stereocenters. The van der Waals surface area contributed by atoms with Crippen LogP contribution in [0.2, 0.25) is 0 Å². The Morgan fingerprint density at radius 3 is 2.59 bits per heavy atom. The lowest BCUT2D eigenvalue weighted by Crippen LogP contribution is -2.22. The van der Waals surface area contributed by atoms with Crippen LogP contribution in [0, 0.1) is 5.82 Å². The van der Waals surface area contributed by atoms with E-state index in [0.717, 1.165) is 17.7 Å². The molecule has 1 aliphatic rings. The molecular formula is C20H20FN5O. The van der Waals surface area contributed by atoms with Gasteiger partial charge in [-0.15, -0.1) is 10.2 Å². The number of rotatable bonds is 5. The van der Waals surface area contributed by atoms with E-state index in [1.807, 2.05) is 35.8 Å². The SMILES string of the molecule is CCCN(O)Cc1nnc2n1-c1ccccc1C(c1ccccc1F)=NC2. The summed E-state index contributed by atoms with van der Waals surface area (Å²) in [5.41, 5.74) is 2.69. The minimum Gasteiger partial charge on any atom is -0.314 e. The summed E-state index contributed by atoms with van der Waals surface area (Å²) in [5.74, 6) is 0.973. The molecular weight excluding hydrogens is 345 g/mol. The molecule has 3 aromatic rings. The Labute approximate surface area is 156 Å². The average Bonchev–Trinajstić information content (AvgIpc) is 2.98. The van der Waals surface area contributed by atoms with Gasteiger partial charge in [-0.2, -0.15) is 5.06 Å². The normalized spacial score (nSPS) is 13.1. The second-order valence-electron chi connectivity index (χ2n) is 6.42. The summed E-state index contributed by atoms with van der Waals surface area (Å²) >= 11 is 0. The van der Waals surface area contributed by atoms with Crippen LogP contribution in [-0.4, -0.2) is 37.3 Å². The zero-order valence-electron chi connectivity index (χ0n) is 15.0. The van der Waals surface area contributed by atoms with E-state index in [-0.39, 0.29) is 18.9 Å². The van der Waals surface area contributed by atoms with Gasteiger partial charge in [0, 0.05) is 17.7 Å². The third-order valence-electron chi connectivity index (χ3n) is 4.51. The third kappa shape index (κ3) is 3.27. The molecule has 2 heterocycles. The van der Waals surface area contributed by atoms with Crippen LogP contribution < -0.4 is 0 Å². The fourth-order valence-corrected chi connectivity index (χ4v) is 3.32. The van der Waals surface area contributed by atoms with Crippen molar-refractivity contribution in [2.24, 2.45) is 4.99 Å². The van der Waals surface area contributed by atoms with Crippen LogP contribution in [0.15, 0.2) is 53.5 Å². The fraction of sp³-hybridized carbons (Fsp3) is 0.250. The monoisotopic (exact) mass is 365 g/mol. The van der Waals surface area contributed by atoms with Crippen molar-refractivity contribution in [1.29, 1.82) is 0 Å². The lowest BCUT2D eigenvalue weighted by atomic mass is 10.00. The van der Waals surface area contributed by atoms with Crippen molar-refractivity contribution < 1.29 is 9.60 Å². The first-order chi connectivity index (χ1) is 13.2. The minimum atomic E-state index is -0.312. The number of aromatic nitrogens is 3. The summed E-state index contributed by atoms with van der Waals surface area (Å²) in [4.78, 5) is 4.64. The fourth-order valence-electron chi connectivity index (χ4n) is 3.32. The first kappa shape index (κ1) is 17.5. The molecule has 0 saturated heterocycles. The number of aliphatic imine (C=N–C) groups is 1. The Kier molecular flexibility index (Phi) is 4.79. The van der Waals surface area contributed by atoms with Crippen LogP contribution in [0.25, 0.3) is 5.69 Å². The van der Waals surface area contributed by atoms with Gasteiger partial charge in [0.15, 0.2) is 11.6 Å². The molecule has 1 aromatic heterocycles. The summed E-state index contributed by atoms with van der Waals surface area (Å²) in [6, 6.07) is 14.3. The maximum Gasteiger partial charge on any atom is 0.159 e. The maximum atomic E-state index is 14.4. The molecule has 2 aromatic carbocycles. The quantitative estimate of drug-likeness (QED) is 0.704. The van der Waals surface area contributed by atoms with E-state index in [9.17, 15) is 9.60 Å². The van der Waals surface area contributed by atoms with E-state index >= 15 is 0 Å². The summed E-state index contributed by atoms with van der Waals surface area (Å²) in [5, 5.41) is 19.8. The van der Waals surface area contributed by atoms with Crippen molar-refractivity contribution in [2.45, 2.75) is 26.4 Å². The molecule has 7 heteroatoms. The lowest BCUT2D eigenvalue weighted by molar-refractivity contribution is -0.101. The van der Waals surface area contributed by atoms with Gasteiger partial charge in [0.25, 0.3) is 0 Å². The Morgan fingerprint density at radius 1 is 1.07 bits per heavy atom. The molecule has 4 rings (SSSR count). The zero-order chi connectivity index (χ0) is 18.8. The zero-order valence-corrected chi connectivity index (χ0v) is 15.0. The average molecular weight is 365 g/mol. The largest absolute Gasteiger partial charge is 0.314 e. The van der Waals surface area contributed by atoms with Gasteiger partial charge in [0.1, 0.15) is 12.4 Å². The van der Waals surface area contributed by atoms with E-state index in [0.29, 0.717) is 29.5 Å². The molecule has 27 heavy (non-hydrogen) atoms. The molecule has 0 spiro atoms. The standard InChI is InChI=1S/C20H20FN5O/c1-2-11-25(27)13-19-24-23-18-12-22-20(14-7-3-5-9-16(14)21)15-8-4-6-10-17(15)26(18)19/h3-10,27H,2,11-13H2,1H3. The minimum absolute atomic E-state index is 0.254. The van der Waals surface area contributed by atoms with Gasteiger partial charge in [-0.3, -0.25) is 9.56 Å². The van der Waals surface area contributed by atoms with Crippen molar-refractivity contribution in [3.05, 3.63) is 77.1 Å². The van der Waals surface area contributed by atoms with Crippen LogP contribution in [0.3, 0.4) is 0 Å². The number of hydroxylamine groups is 2. The van der Waals surface area contributed by atoms with Crippen LogP contribution in [0.4, 0.5) is 4.39 Å². The Hall–Kier alpha value is -2.90. The van der Waals surface area contributed by atoms with Crippen molar-refractivity contribution in [1.82, 2.24) is 19.8 Å². The number of benzene rings is 2. The molecule has 1 aliphatic heterocycles. The van der Waals surface area contributed by atoms with Gasteiger partial charge < -0.3 is 5.21 Å². The van der Waals surface area contributed by atoms with Gasteiger partial charge in [-0.25, -0.2) is 4.39 Å². The number of nitrogens with zero attached hydrogens (tertiary/aromatic N) is 5. The van der Waals surface area contributed by atoms with E-state index < -0.39 is 0 Å². The van der Waals surface area contributed by atoms with E-state index in [1.54, 1.807) is 18.2 Å². The molecule has 0 bridgehead atoms. The lowest BCUT2D eigenvalue weighted by Gasteiger charge is -2.16. The molecule has 0 fully saturated rings. The highest BCUT2D eigenvalue weighted by molar-refractivity contribution is 6.15. The molecule has 0 saturated carbocycles. The van der Waals surface area contributed by atoms with Crippen molar-refractivity contribution in [3.63, 3.8) is 0 Å². The maximum absolute atomic E-state index is 14.4. The van der Waals surface area contributed by atoms with Gasteiger partial charge in [-0.05, 0) is 24.6 Å². The van der Waals surface area contributed by atoms with Gasteiger partial charge in [-0.1, -0.05) is 37.3 Å². The Balaban J connectivity index is 1.83. The van der Waals surface area contributed by atoms with E-state index in [4.69, 9.17) is 0 Å². The van der Waals surface area contributed by atoms with E-state index in [2.05, 4.69) is 15.2 Å². The predicted molar refractivity (Wildman–Crippen MR) is 99.6 cm³/mol. The molecule has 0 aliphatic carbocycles. The number of halogens is 1. The Morgan fingerprint density at radius 2 is 1.81 bits per heavy atom. The van der Waals surface area contributed by atoms with Crippen LogP contribution >= 0.6 is 0 Å². The number of hydrogen-bond acceptors (Lipinski definition) is 5. The summed E-state index contributed by atoms with van der Waals surface area (Å²) in [6.07, 6.45) is 0.828. The van der Waals surface area contributed by atoms with Crippen LogP contribution in [0.5, 0.6) is 0 Å². The smallest absolute Gasteiger partial charge is 0.159 e.